The maximum absolute atomic E-state index is 13.9. The Balaban J connectivity index is 1.32. The van der Waals surface area contributed by atoms with Crippen molar-refractivity contribution in [3.63, 3.8) is 0 Å². The molecule has 1 aliphatic carbocycles. The first-order valence-corrected chi connectivity index (χ1v) is 15.7. The molecule has 47 heavy (non-hydrogen) atoms. The molecule has 0 bridgehead atoms. The van der Waals surface area contributed by atoms with Gasteiger partial charge in [-0.05, 0) is 83.6 Å². The summed E-state index contributed by atoms with van der Waals surface area (Å²) >= 11 is 0. The second-order valence-corrected chi connectivity index (χ2v) is 11.9. The molecule has 1 heterocycles. The maximum Gasteiger partial charge on any atom is 0.305 e. The van der Waals surface area contributed by atoms with Gasteiger partial charge in [-0.3, -0.25) is 14.4 Å². The van der Waals surface area contributed by atoms with Crippen molar-refractivity contribution in [3.8, 4) is 11.1 Å². The largest absolute Gasteiger partial charge is 0.481 e. The molecule has 0 aromatic heterocycles. The highest BCUT2D eigenvalue weighted by atomic mass is 19.1. The van der Waals surface area contributed by atoms with E-state index in [1.165, 1.54) is 42.5 Å². The van der Waals surface area contributed by atoms with Crippen LogP contribution in [0.15, 0.2) is 91.0 Å². The van der Waals surface area contributed by atoms with E-state index >= 15 is 0 Å². The number of morpholine rings is 1. The van der Waals surface area contributed by atoms with Gasteiger partial charge in [0.1, 0.15) is 11.6 Å². The van der Waals surface area contributed by atoms with Gasteiger partial charge in [-0.2, -0.15) is 0 Å². The fourth-order valence-electron chi connectivity index (χ4n) is 5.93. The van der Waals surface area contributed by atoms with Gasteiger partial charge < -0.3 is 25.0 Å². The normalized spacial score (nSPS) is 15.1. The molecule has 242 valence electrons. The number of hydrogen-bond acceptors (Lipinski definition) is 5. The number of aliphatic carboxylic acids is 1. The quantitative estimate of drug-likeness (QED) is 0.190. The fraction of sp³-hybridized carbons (Fsp3) is 0.270. The van der Waals surface area contributed by atoms with Crippen LogP contribution in [-0.2, 0) is 20.9 Å². The predicted octanol–water partition coefficient (Wildman–Crippen LogP) is 6.68. The Morgan fingerprint density at radius 1 is 0.872 bits per heavy atom. The molecule has 4 aromatic carbocycles. The zero-order valence-electron chi connectivity index (χ0n) is 25.7. The number of halogens is 2. The van der Waals surface area contributed by atoms with E-state index in [9.17, 15) is 28.3 Å². The van der Waals surface area contributed by atoms with Crippen LogP contribution in [0, 0.1) is 17.6 Å². The standard InChI is InChI=1S/C37H35F2N3O5/c38-30-12-9-25(10-13-30)34(22-35(43)44)42(37(46)26-7-8-26)23-24-3-1-4-27(19-24)28-11-14-33(41-15-17-47-18-16-41)32(21-28)40-36(45)29-5-2-6-31(39)20-29/h1-6,9-14,19-21,26,34H,7-8,15-18,22-23H2,(H,40,45)(H,43,44). The molecule has 0 spiro atoms. The summed E-state index contributed by atoms with van der Waals surface area (Å²) in [5, 5.41) is 12.7. The van der Waals surface area contributed by atoms with Gasteiger partial charge in [-0.25, -0.2) is 8.78 Å². The lowest BCUT2D eigenvalue weighted by Gasteiger charge is -2.32. The molecule has 10 heteroatoms. The SMILES string of the molecule is O=C(O)CC(c1ccc(F)cc1)N(Cc1cccc(-c2ccc(N3CCOCC3)c(NC(=O)c3cccc(F)c3)c2)c1)C(=O)C1CC1. The summed E-state index contributed by atoms with van der Waals surface area (Å²) in [6.45, 7) is 2.56. The topological polar surface area (TPSA) is 99.2 Å². The maximum atomic E-state index is 13.9. The second-order valence-electron chi connectivity index (χ2n) is 11.9. The number of nitrogens with zero attached hydrogens (tertiary/aromatic N) is 2. The molecule has 2 aliphatic rings. The number of amides is 2. The molecule has 1 aliphatic heterocycles. The lowest BCUT2D eigenvalue weighted by atomic mass is 9.98. The van der Waals surface area contributed by atoms with Crippen molar-refractivity contribution >= 4 is 29.2 Å². The lowest BCUT2D eigenvalue weighted by Crippen LogP contribution is -2.36. The Bertz CT molecular complexity index is 1770. The second kappa shape index (κ2) is 14.1. The van der Waals surface area contributed by atoms with Gasteiger partial charge in [-0.15, -0.1) is 0 Å². The fourth-order valence-corrected chi connectivity index (χ4v) is 5.93. The van der Waals surface area contributed by atoms with E-state index in [0.29, 0.717) is 37.6 Å². The number of rotatable bonds is 11. The summed E-state index contributed by atoms with van der Waals surface area (Å²) < 4.78 is 33.2. The summed E-state index contributed by atoms with van der Waals surface area (Å²) in [5.41, 5.74) is 4.55. The minimum Gasteiger partial charge on any atom is -0.481 e. The van der Waals surface area contributed by atoms with Crippen molar-refractivity contribution in [1.29, 1.82) is 0 Å². The number of benzene rings is 4. The molecule has 0 radical (unpaired) electrons. The van der Waals surface area contributed by atoms with Crippen molar-refractivity contribution in [1.82, 2.24) is 4.90 Å². The highest BCUT2D eigenvalue weighted by molar-refractivity contribution is 6.06. The summed E-state index contributed by atoms with van der Waals surface area (Å²) in [6, 6.07) is 23.7. The van der Waals surface area contributed by atoms with Gasteiger partial charge in [0.15, 0.2) is 0 Å². The zero-order valence-corrected chi connectivity index (χ0v) is 25.7. The molecule has 2 N–H and O–H groups in total. The molecular weight excluding hydrogens is 604 g/mol. The smallest absolute Gasteiger partial charge is 0.305 e. The van der Waals surface area contributed by atoms with Gasteiger partial charge in [-0.1, -0.05) is 42.5 Å². The number of carbonyl (C=O) groups is 3. The highest BCUT2D eigenvalue weighted by Gasteiger charge is 2.37. The van der Waals surface area contributed by atoms with Crippen molar-refractivity contribution in [2.24, 2.45) is 5.92 Å². The first kappa shape index (κ1) is 31.9. The highest BCUT2D eigenvalue weighted by Crippen LogP contribution is 2.37. The minimum absolute atomic E-state index is 0.122. The number of nitrogens with one attached hydrogen (secondary N) is 1. The van der Waals surface area contributed by atoms with Crippen LogP contribution in [0.2, 0.25) is 0 Å². The molecule has 1 saturated carbocycles. The van der Waals surface area contributed by atoms with Crippen molar-refractivity contribution in [2.75, 3.05) is 36.5 Å². The van der Waals surface area contributed by atoms with E-state index in [1.807, 2.05) is 42.5 Å². The average Bonchev–Trinajstić information content (AvgIpc) is 3.93. The van der Waals surface area contributed by atoms with Crippen LogP contribution < -0.4 is 10.2 Å². The molecule has 4 aromatic rings. The van der Waals surface area contributed by atoms with Gasteiger partial charge >= 0.3 is 5.97 Å². The summed E-state index contributed by atoms with van der Waals surface area (Å²) in [7, 11) is 0. The number of carbonyl (C=O) groups excluding carboxylic acids is 2. The van der Waals surface area contributed by atoms with Crippen LogP contribution in [0.5, 0.6) is 0 Å². The van der Waals surface area contributed by atoms with Crippen LogP contribution in [0.4, 0.5) is 20.2 Å². The Kier molecular flexibility index (Phi) is 9.58. The Morgan fingerprint density at radius 3 is 2.30 bits per heavy atom. The molecule has 2 fully saturated rings. The van der Waals surface area contributed by atoms with Crippen LogP contribution >= 0.6 is 0 Å². The zero-order chi connectivity index (χ0) is 32.9. The van der Waals surface area contributed by atoms with Crippen molar-refractivity contribution < 1.29 is 33.0 Å². The first-order chi connectivity index (χ1) is 22.7. The first-order valence-electron chi connectivity index (χ1n) is 15.7. The van der Waals surface area contributed by atoms with Gasteiger partial charge in [0.25, 0.3) is 5.91 Å². The molecule has 1 unspecified atom stereocenters. The average molecular weight is 640 g/mol. The Morgan fingerprint density at radius 2 is 1.60 bits per heavy atom. The molecule has 6 rings (SSSR count). The lowest BCUT2D eigenvalue weighted by molar-refractivity contribution is -0.142. The molecular formula is C37H35F2N3O5. The third kappa shape index (κ3) is 7.84. The van der Waals surface area contributed by atoms with Gasteiger partial charge in [0, 0.05) is 31.1 Å². The van der Waals surface area contributed by atoms with E-state index in [4.69, 9.17) is 4.74 Å². The van der Waals surface area contributed by atoms with Gasteiger partial charge in [0.2, 0.25) is 5.91 Å². The van der Waals surface area contributed by atoms with E-state index in [-0.39, 0.29) is 30.4 Å². The summed E-state index contributed by atoms with van der Waals surface area (Å²) in [6.07, 6.45) is 1.18. The number of carboxylic acid groups (broad SMARTS) is 1. The molecule has 8 nitrogen and oxygen atoms in total. The van der Waals surface area contributed by atoms with Crippen LogP contribution in [0.1, 0.15) is 46.8 Å². The van der Waals surface area contributed by atoms with Crippen LogP contribution in [0.3, 0.4) is 0 Å². The van der Waals surface area contributed by atoms with Crippen molar-refractivity contribution in [3.05, 3.63) is 119 Å². The van der Waals surface area contributed by atoms with E-state index < -0.39 is 29.6 Å². The van der Waals surface area contributed by atoms with Crippen LogP contribution in [-0.4, -0.2) is 54.1 Å². The third-order valence-corrected chi connectivity index (χ3v) is 8.51. The Labute approximate surface area is 271 Å². The van der Waals surface area contributed by atoms with Crippen LogP contribution in [0.25, 0.3) is 11.1 Å². The third-order valence-electron chi connectivity index (χ3n) is 8.51. The predicted molar refractivity (Wildman–Crippen MR) is 174 cm³/mol. The molecule has 1 atom stereocenters. The molecule has 2 amide bonds. The Hall–Kier alpha value is -5.09. The number of carboxylic acids is 1. The number of ether oxygens (including phenoxy) is 1. The van der Waals surface area contributed by atoms with Crippen molar-refractivity contribution in [2.45, 2.75) is 31.8 Å². The summed E-state index contributed by atoms with van der Waals surface area (Å²) in [4.78, 5) is 42.5. The monoisotopic (exact) mass is 639 g/mol. The van der Waals surface area contributed by atoms with E-state index in [0.717, 1.165) is 35.2 Å². The van der Waals surface area contributed by atoms with E-state index in [1.54, 1.807) is 11.0 Å². The summed E-state index contributed by atoms with van der Waals surface area (Å²) in [5.74, 6) is -2.73. The minimum atomic E-state index is -1.06. The molecule has 1 saturated heterocycles. The van der Waals surface area contributed by atoms with E-state index in [2.05, 4.69) is 10.2 Å². The van der Waals surface area contributed by atoms with Gasteiger partial charge in [0.05, 0.1) is 37.1 Å². The number of hydrogen-bond donors (Lipinski definition) is 2. The number of anilines is 2.